The minimum atomic E-state index is -0.338. The summed E-state index contributed by atoms with van der Waals surface area (Å²) in [6.07, 6.45) is 0.560. The number of benzene rings is 2. The minimum absolute atomic E-state index is 0.143. The van der Waals surface area contributed by atoms with Crippen LogP contribution in [0.2, 0.25) is 0 Å². The smallest absolute Gasteiger partial charge is 0.319 e. The normalized spacial score (nSPS) is 15.1. The lowest BCUT2D eigenvalue weighted by molar-refractivity contribution is -0.139. The lowest BCUT2D eigenvalue weighted by Gasteiger charge is -2.14. The Hall–Kier alpha value is -3.55. The molecule has 1 saturated heterocycles. The molecule has 0 radical (unpaired) electrons. The fraction of sp³-hybridized carbons (Fsp3) is 0.250. The van der Waals surface area contributed by atoms with Crippen molar-refractivity contribution in [3.8, 4) is 11.5 Å². The SMILES string of the molecule is O=C(NCc1ccc2c(c1)OCO2)Nc1ccc(CN2C(=O)CCC2=O)cc1. The van der Waals surface area contributed by atoms with E-state index in [9.17, 15) is 14.4 Å². The van der Waals surface area contributed by atoms with Gasteiger partial charge in [-0.15, -0.1) is 0 Å². The molecule has 0 aliphatic carbocycles. The predicted octanol–water partition coefficient (Wildman–Crippen LogP) is 2.39. The van der Waals surface area contributed by atoms with Crippen LogP contribution >= 0.6 is 0 Å². The second-order valence-electron chi connectivity index (χ2n) is 6.57. The molecule has 0 atom stereocenters. The number of carbonyl (C=O) groups is 3. The number of rotatable bonds is 5. The van der Waals surface area contributed by atoms with Crippen molar-refractivity contribution in [2.75, 3.05) is 12.1 Å². The van der Waals surface area contributed by atoms with Crippen molar-refractivity contribution in [3.63, 3.8) is 0 Å². The molecule has 2 aliphatic rings. The summed E-state index contributed by atoms with van der Waals surface area (Å²) >= 11 is 0. The number of hydrogen-bond acceptors (Lipinski definition) is 5. The maximum atomic E-state index is 12.1. The molecule has 2 heterocycles. The molecular formula is C20H19N3O5. The van der Waals surface area contributed by atoms with Crippen LogP contribution in [0.3, 0.4) is 0 Å². The van der Waals surface area contributed by atoms with E-state index in [0.717, 1.165) is 11.1 Å². The van der Waals surface area contributed by atoms with Gasteiger partial charge in [0.15, 0.2) is 11.5 Å². The molecule has 0 spiro atoms. The van der Waals surface area contributed by atoms with Crippen LogP contribution in [0.4, 0.5) is 10.5 Å². The molecule has 4 amide bonds. The van der Waals surface area contributed by atoms with Crippen LogP contribution < -0.4 is 20.1 Å². The molecule has 0 saturated carbocycles. The van der Waals surface area contributed by atoms with Crippen LogP contribution in [0.15, 0.2) is 42.5 Å². The van der Waals surface area contributed by atoms with Crippen molar-refractivity contribution in [3.05, 3.63) is 53.6 Å². The lowest BCUT2D eigenvalue weighted by atomic mass is 10.2. The van der Waals surface area contributed by atoms with Crippen molar-refractivity contribution in [2.45, 2.75) is 25.9 Å². The molecule has 0 unspecified atom stereocenters. The number of urea groups is 1. The van der Waals surface area contributed by atoms with E-state index in [2.05, 4.69) is 10.6 Å². The molecule has 0 bridgehead atoms. The quantitative estimate of drug-likeness (QED) is 0.775. The number of nitrogens with one attached hydrogen (secondary N) is 2. The van der Waals surface area contributed by atoms with Crippen LogP contribution in [0.1, 0.15) is 24.0 Å². The highest BCUT2D eigenvalue weighted by atomic mass is 16.7. The van der Waals surface area contributed by atoms with Crippen LogP contribution in [0, 0.1) is 0 Å². The Morgan fingerprint density at radius 2 is 1.61 bits per heavy atom. The standard InChI is InChI=1S/C20H19N3O5/c24-18-7-8-19(25)23(18)11-13-1-4-15(5-2-13)22-20(26)21-10-14-3-6-16-17(9-14)28-12-27-16/h1-6,9H,7-8,10-12H2,(H2,21,22,26). The first kappa shape index (κ1) is 17.8. The summed E-state index contributed by atoms with van der Waals surface area (Å²) < 4.78 is 10.6. The van der Waals surface area contributed by atoms with E-state index in [0.29, 0.717) is 23.7 Å². The lowest BCUT2D eigenvalue weighted by Crippen LogP contribution is -2.28. The van der Waals surface area contributed by atoms with E-state index >= 15 is 0 Å². The van der Waals surface area contributed by atoms with Gasteiger partial charge in [0.1, 0.15) is 0 Å². The van der Waals surface area contributed by atoms with E-state index in [1.165, 1.54) is 4.90 Å². The summed E-state index contributed by atoms with van der Waals surface area (Å²) in [7, 11) is 0. The van der Waals surface area contributed by atoms with Gasteiger partial charge >= 0.3 is 6.03 Å². The number of nitrogens with zero attached hydrogens (tertiary/aromatic N) is 1. The van der Waals surface area contributed by atoms with E-state index in [1.54, 1.807) is 24.3 Å². The fourth-order valence-corrected chi connectivity index (χ4v) is 3.08. The maximum absolute atomic E-state index is 12.1. The topological polar surface area (TPSA) is 97.0 Å². The van der Waals surface area contributed by atoms with Crippen molar-refractivity contribution in [2.24, 2.45) is 0 Å². The van der Waals surface area contributed by atoms with Crippen LogP contribution in [0.5, 0.6) is 11.5 Å². The molecule has 1 fully saturated rings. The number of fused-ring (bicyclic) bond motifs is 1. The second kappa shape index (κ2) is 7.59. The van der Waals surface area contributed by atoms with Gasteiger partial charge in [0, 0.05) is 25.1 Å². The number of hydrogen-bond donors (Lipinski definition) is 2. The Morgan fingerprint density at radius 1 is 0.929 bits per heavy atom. The summed E-state index contributed by atoms with van der Waals surface area (Å²) in [4.78, 5) is 36.7. The highest BCUT2D eigenvalue weighted by molar-refractivity contribution is 6.01. The van der Waals surface area contributed by atoms with Crippen molar-refractivity contribution < 1.29 is 23.9 Å². The van der Waals surface area contributed by atoms with E-state index in [-0.39, 0.29) is 44.0 Å². The summed E-state index contributed by atoms with van der Waals surface area (Å²) in [5.74, 6) is 1.08. The Labute approximate surface area is 161 Å². The van der Waals surface area contributed by atoms with Gasteiger partial charge in [0.05, 0.1) is 6.54 Å². The monoisotopic (exact) mass is 381 g/mol. The molecule has 2 N–H and O–H groups in total. The molecule has 2 aliphatic heterocycles. The Morgan fingerprint density at radius 3 is 2.36 bits per heavy atom. The van der Waals surface area contributed by atoms with Gasteiger partial charge in [-0.3, -0.25) is 14.5 Å². The molecule has 144 valence electrons. The Balaban J connectivity index is 1.28. The highest BCUT2D eigenvalue weighted by Gasteiger charge is 2.28. The molecule has 0 aromatic heterocycles. The van der Waals surface area contributed by atoms with Gasteiger partial charge in [0.25, 0.3) is 0 Å². The van der Waals surface area contributed by atoms with Crippen molar-refractivity contribution >= 4 is 23.5 Å². The molecule has 4 rings (SSSR count). The first-order chi connectivity index (χ1) is 13.6. The Bertz CT molecular complexity index is 910. The predicted molar refractivity (Wildman–Crippen MR) is 99.7 cm³/mol. The van der Waals surface area contributed by atoms with Gasteiger partial charge in [-0.2, -0.15) is 0 Å². The van der Waals surface area contributed by atoms with E-state index in [4.69, 9.17) is 9.47 Å². The first-order valence-corrected chi connectivity index (χ1v) is 8.94. The third kappa shape index (κ3) is 3.90. The van der Waals surface area contributed by atoms with Gasteiger partial charge in [0.2, 0.25) is 18.6 Å². The number of likely N-dealkylation sites (tertiary alicyclic amines) is 1. The number of imide groups is 1. The van der Waals surface area contributed by atoms with Crippen molar-refractivity contribution in [1.29, 1.82) is 0 Å². The third-order valence-electron chi connectivity index (χ3n) is 4.60. The summed E-state index contributed by atoms with van der Waals surface area (Å²) in [6, 6.07) is 12.2. The summed E-state index contributed by atoms with van der Waals surface area (Å²) in [5, 5.41) is 5.53. The molecule has 28 heavy (non-hydrogen) atoms. The van der Waals surface area contributed by atoms with Crippen molar-refractivity contribution in [1.82, 2.24) is 10.2 Å². The number of ether oxygens (including phenoxy) is 2. The zero-order chi connectivity index (χ0) is 19.5. The first-order valence-electron chi connectivity index (χ1n) is 8.94. The zero-order valence-electron chi connectivity index (χ0n) is 15.1. The molecule has 2 aromatic carbocycles. The molecular weight excluding hydrogens is 362 g/mol. The molecule has 8 nitrogen and oxygen atoms in total. The van der Waals surface area contributed by atoms with Gasteiger partial charge in [-0.05, 0) is 35.4 Å². The number of anilines is 1. The fourth-order valence-electron chi connectivity index (χ4n) is 3.08. The van der Waals surface area contributed by atoms with Gasteiger partial charge in [-0.25, -0.2) is 4.79 Å². The van der Waals surface area contributed by atoms with Crippen LogP contribution in [-0.2, 0) is 22.7 Å². The summed E-state index contributed by atoms with van der Waals surface area (Å²) in [6.45, 7) is 0.816. The van der Waals surface area contributed by atoms with Gasteiger partial charge in [-0.1, -0.05) is 18.2 Å². The zero-order valence-corrected chi connectivity index (χ0v) is 15.1. The van der Waals surface area contributed by atoms with E-state index < -0.39 is 0 Å². The van der Waals surface area contributed by atoms with E-state index in [1.807, 2.05) is 18.2 Å². The number of amides is 4. The second-order valence-corrected chi connectivity index (χ2v) is 6.57. The Kier molecular flexibility index (Phi) is 4.84. The van der Waals surface area contributed by atoms with Gasteiger partial charge < -0.3 is 20.1 Å². The average molecular weight is 381 g/mol. The third-order valence-corrected chi connectivity index (χ3v) is 4.60. The summed E-state index contributed by atoms with van der Waals surface area (Å²) in [5.41, 5.74) is 2.34. The largest absolute Gasteiger partial charge is 0.454 e. The highest BCUT2D eigenvalue weighted by Crippen LogP contribution is 2.32. The average Bonchev–Trinajstić information content (AvgIpc) is 3.29. The van der Waals surface area contributed by atoms with Crippen LogP contribution in [-0.4, -0.2) is 29.5 Å². The number of carbonyl (C=O) groups excluding carboxylic acids is 3. The molecule has 2 aromatic rings. The van der Waals surface area contributed by atoms with Crippen LogP contribution in [0.25, 0.3) is 0 Å². The molecule has 8 heteroatoms. The minimum Gasteiger partial charge on any atom is -0.454 e. The maximum Gasteiger partial charge on any atom is 0.319 e.